The van der Waals surface area contributed by atoms with Crippen LogP contribution >= 0.6 is 0 Å². The Morgan fingerprint density at radius 1 is 0.783 bits per heavy atom. The van der Waals surface area contributed by atoms with Crippen molar-refractivity contribution >= 4 is 0 Å². The zero-order valence-corrected chi connectivity index (χ0v) is 13.1. The lowest BCUT2D eigenvalue weighted by atomic mass is 10.1. The van der Waals surface area contributed by atoms with Gasteiger partial charge in [-0.2, -0.15) is 0 Å². The highest BCUT2D eigenvalue weighted by atomic mass is 16.5. The highest BCUT2D eigenvalue weighted by molar-refractivity contribution is 5.64. The predicted octanol–water partition coefficient (Wildman–Crippen LogP) is 4.73. The monoisotopic (exact) mass is 305 g/mol. The van der Waals surface area contributed by atoms with E-state index in [-0.39, 0.29) is 0 Å². The molecule has 3 aromatic rings. The summed E-state index contributed by atoms with van der Waals surface area (Å²) in [5.74, 6) is 1.73. The van der Waals surface area contributed by atoms with Crippen molar-refractivity contribution in [2.24, 2.45) is 0 Å². The molecule has 23 heavy (non-hydrogen) atoms. The third kappa shape index (κ3) is 4.10. The molecule has 0 aliphatic carbocycles. The number of hydrogen-bond acceptors (Lipinski definition) is 3. The number of aromatic nitrogens is 1. The summed E-state index contributed by atoms with van der Waals surface area (Å²) in [6.45, 7) is 3.14. The standard InChI is InChI=1S/C20H19NO2/c1-2-22-20-10-6-7-17(12-20)18-11-16(13-21-14-18)15-23-19-8-4-3-5-9-19/h3-14H,2,15H2,1H3. The van der Waals surface area contributed by atoms with Crippen LogP contribution < -0.4 is 9.47 Å². The lowest BCUT2D eigenvalue weighted by Crippen LogP contribution is -1.96. The van der Waals surface area contributed by atoms with Gasteiger partial charge in [-0.3, -0.25) is 4.98 Å². The molecule has 0 aliphatic rings. The highest BCUT2D eigenvalue weighted by Gasteiger charge is 2.03. The molecule has 1 aromatic heterocycles. The van der Waals surface area contributed by atoms with Crippen molar-refractivity contribution in [1.29, 1.82) is 0 Å². The van der Waals surface area contributed by atoms with Gasteiger partial charge < -0.3 is 9.47 Å². The normalized spacial score (nSPS) is 10.3. The van der Waals surface area contributed by atoms with E-state index in [2.05, 4.69) is 17.1 Å². The van der Waals surface area contributed by atoms with Crippen LogP contribution in [0, 0.1) is 0 Å². The molecule has 0 saturated heterocycles. The maximum Gasteiger partial charge on any atom is 0.119 e. The molecule has 0 unspecified atom stereocenters. The molecule has 0 N–H and O–H groups in total. The number of benzene rings is 2. The molecule has 0 radical (unpaired) electrons. The lowest BCUT2D eigenvalue weighted by molar-refractivity contribution is 0.306. The SMILES string of the molecule is CCOc1cccc(-c2cncc(COc3ccccc3)c2)c1. The molecule has 3 heteroatoms. The highest BCUT2D eigenvalue weighted by Crippen LogP contribution is 2.24. The number of hydrogen-bond donors (Lipinski definition) is 0. The van der Waals surface area contributed by atoms with E-state index in [4.69, 9.17) is 9.47 Å². The molecule has 1 heterocycles. The largest absolute Gasteiger partial charge is 0.494 e. The summed E-state index contributed by atoms with van der Waals surface area (Å²) in [5.41, 5.74) is 3.18. The molecule has 0 atom stereocenters. The van der Waals surface area contributed by atoms with Crippen molar-refractivity contribution in [2.75, 3.05) is 6.61 Å². The van der Waals surface area contributed by atoms with Gasteiger partial charge in [-0.15, -0.1) is 0 Å². The number of ether oxygens (including phenoxy) is 2. The quantitative estimate of drug-likeness (QED) is 0.660. The van der Waals surface area contributed by atoms with E-state index in [0.717, 1.165) is 28.2 Å². The third-order valence-electron chi connectivity index (χ3n) is 3.42. The van der Waals surface area contributed by atoms with Crippen LogP contribution in [0.2, 0.25) is 0 Å². The zero-order valence-electron chi connectivity index (χ0n) is 13.1. The first-order chi connectivity index (χ1) is 11.3. The number of para-hydroxylation sites is 1. The summed E-state index contributed by atoms with van der Waals surface area (Å²) >= 11 is 0. The fourth-order valence-corrected chi connectivity index (χ4v) is 2.34. The molecule has 0 spiro atoms. The van der Waals surface area contributed by atoms with Crippen LogP contribution in [0.5, 0.6) is 11.5 Å². The fourth-order valence-electron chi connectivity index (χ4n) is 2.34. The molecule has 116 valence electrons. The van der Waals surface area contributed by atoms with Gasteiger partial charge in [0.25, 0.3) is 0 Å². The molecular formula is C20H19NO2. The number of nitrogens with zero attached hydrogens (tertiary/aromatic N) is 1. The van der Waals surface area contributed by atoms with E-state index < -0.39 is 0 Å². The van der Waals surface area contributed by atoms with Gasteiger partial charge in [0.1, 0.15) is 18.1 Å². The van der Waals surface area contributed by atoms with Crippen molar-refractivity contribution in [2.45, 2.75) is 13.5 Å². The first-order valence-corrected chi connectivity index (χ1v) is 7.70. The van der Waals surface area contributed by atoms with Crippen molar-refractivity contribution in [1.82, 2.24) is 4.98 Å². The van der Waals surface area contributed by atoms with Crippen LogP contribution in [0.25, 0.3) is 11.1 Å². The van der Waals surface area contributed by atoms with Crippen molar-refractivity contribution < 1.29 is 9.47 Å². The Morgan fingerprint density at radius 2 is 1.61 bits per heavy atom. The first-order valence-electron chi connectivity index (χ1n) is 7.70. The van der Waals surface area contributed by atoms with Gasteiger partial charge in [-0.05, 0) is 42.8 Å². The smallest absolute Gasteiger partial charge is 0.119 e. The van der Waals surface area contributed by atoms with Crippen LogP contribution in [0.1, 0.15) is 12.5 Å². The molecule has 0 bridgehead atoms. The minimum atomic E-state index is 0.496. The van der Waals surface area contributed by atoms with E-state index in [1.165, 1.54) is 0 Å². The van der Waals surface area contributed by atoms with Gasteiger partial charge in [0.2, 0.25) is 0 Å². The van der Waals surface area contributed by atoms with Crippen molar-refractivity contribution in [3.63, 3.8) is 0 Å². The maximum absolute atomic E-state index is 5.78. The summed E-state index contributed by atoms with van der Waals surface area (Å²) in [7, 11) is 0. The van der Waals surface area contributed by atoms with E-state index in [0.29, 0.717) is 13.2 Å². The predicted molar refractivity (Wildman–Crippen MR) is 91.6 cm³/mol. The molecule has 0 saturated carbocycles. The van der Waals surface area contributed by atoms with Crippen LogP contribution in [0.4, 0.5) is 0 Å². The summed E-state index contributed by atoms with van der Waals surface area (Å²) < 4.78 is 11.3. The second-order valence-corrected chi connectivity index (χ2v) is 5.14. The molecule has 0 aliphatic heterocycles. The lowest BCUT2D eigenvalue weighted by Gasteiger charge is -2.09. The van der Waals surface area contributed by atoms with Crippen LogP contribution in [0.15, 0.2) is 73.1 Å². The van der Waals surface area contributed by atoms with E-state index in [9.17, 15) is 0 Å². The summed E-state index contributed by atoms with van der Waals surface area (Å²) in [6.07, 6.45) is 3.69. The summed E-state index contributed by atoms with van der Waals surface area (Å²) in [4.78, 5) is 4.33. The molecule has 0 fully saturated rings. The van der Waals surface area contributed by atoms with E-state index in [1.54, 1.807) is 0 Å². The van der Waals surface area contributed by atoms with Gasteiger partial charge in [-0.25, -0.2) is 0 Å². The third-order valence-corrected chi connectivity index (χ3v) is 3.42. The Hall–Kier alpha value is -2.81. The van der Waals surface area contributed by atoms with Crippen LogP contribution in [-0.2, 0) is 6.61 Å². The van der Waals surface area contributed by atoms with Crippen LogP contribution in [0.3, 0.4) is 0 Å². The van der Waals surface area contributed by atoms with Crippen LogP contribution in [-0.4, -0.2) is 11.6 Å². The van der Waals surface area contributed by atoms with Crippen molar-refractivity contribution in [3.8, 4) is 22.6 Å². The minimum absolute atomic E-state index is 0.496. The Morgan fingerprint density at radius 3 is 2.43 bits per heavy atom. The average Bonchev–Trinajstić information content (AvgIpc) is 2.62. The van der Waals surface area contributed by atoms with Crippen molar-refractivity contribution in [3.05, 3.63) is 78.6 Å². The van der Waals surface area contributed by atoms with Gasteiger partial charge in [0.05, 0.1) is 6.61 Å². The maximum atomic E-state index is 5.78. The van der Waals surface area contributed by atoms with Gasteiger partial charge in [-0.1, -0.05) is 30.3 Å². The van der Waals surface area contributed by atoms with Gasteiger partial charge >= 0.3 is 0 Å². The first kappa shape index (κ1) is 15.1. The summed E-state index contributed by atoms with van der Waals surface area (Å²) in [6, 6.07) is 19.9. The molecule has 0 amide bonds. The average molecular weight is 305 g/mol. The molecular weight excluding hydrogens is 286 g/mol. The Bertz CT molecular complexity index is 756. The molecule has 2 aromatic carbocycles. The van der Waals surface area contributed by atoms with E-state index >= 15 is 0 Å². The van der Waals surface area contributed by atoms with E-state index in [1.807, 2.05) is 67.8 Å². The zero-order chi connectivity index (χ0) is 15.9. The summed E-state index contributed by atoms with van der Waals surface area (Å²) in [5, 5.41) is 0. The topological polar surface area (TPSA) is 31.4 Å². The minimum Gasteiger partial charge on any atom is -0.494 e. The Balaban J connectivity index is 1.75. The second kappa shape index (κ2) is 7.45. The Labute approximate surface area is 136 Å². The second-order valence-electron chi connectivity index (χ2n) is 5.14. The Kier molecular flexibility index (Phi) is 4.89. The van der Waals surface area contributed by atoms with Gasteiger partial charge in [0, 0.05) is 23.5 Å². The van der Waals surface area contributed by atoms with Gasteiger partial charge in [0.15, 0.2) is 0 Å². The molecule has 3 rings (SSSR count). The number of pyridine rings is 1. The fraction of sp³-hybridized carbons (Fsp3) is 0.150. The molecule has 3 nitrogen and oxygen atoms in total. The number of rotatable bonds is 6.